The standard InChI is InChI=1S/C12H13ClN2/c1-14-5-6-15-10(8-14)7-9-3-2-4-11(13)12(9)15/h2-4,7H,5-6,8H2,1H3. The molecule has 0 radical (unpaired) electrons. The van der Waals surface area contributed by atoms with Crippen LogP contribution >= 0.6 is 11.6 Å². The Labute approximate surface area is 94.0 Å². The number of likely N-dealkylation sites (N-methyl/N-ethyl adjacent to an activating group) is 1. The maximum Gasteiger partial charge on any atom is 0.0672 e. The molecule has 0 N–H and O–H groups in total. The van der Waals surface area contributed by atoms with E-state index in [0.717, 1.165) is 24.7 Å². The molecule has 3 heteroatoms. The highest BCUT2D eigenvalue weighted by atomic mass is 35.5. The smallest absolute Gasteiger partial charge is 0.0672 e. The number of hydrogen-bond acceptors (Lipinski definition) is 1. The number of para-hydroxylation sites is 1. The molecule has 0 aliphatic carbocycles. The summed E-state index contributed by atoms with van der Waals surface area (Å²) in [5.74, 6) is 0. The Bertz CT molecular complexity index is 516. The van der Waals surface area contributed by atoms with Gasteiger partial charge in [0.05, 0.1) is 10.5 Å². The minimum Gasteiger partial charge on any atom is -0.341 e. The lowest BCUT2D eigenvalue weighted by Gasteiger charge is -2.25. The molecule has 0 unspecified atom stereocenters. The fourth-order valence-electron chi connectivity index (χ4n) is 2.35. The van der Waals surface area contributed by atoms with Gasteiger partial charge in [-0.05, 0) is 19.2 Å². The van der Waals surface area contributed by atoms with Crippen molar-refractivity contribution in [1.82, 2.24) is 9.47 Å². The summed E-state index contributed by atoms with van der Waals surface area (Å²) in [5, 5.41) is 2.12. The maximum atomic E-state index is 6.24. The van der Waals surface area contributed by atoms with Gasteiger partial charge in [0.25, 0.3) is 0 Å². The minimum atomic E-state index is 0.864. The summed E-state index contributed by atoms with van der Waals surface area (Å²) in [7, 11) is 2.16. The second-order valence-corrected chi connectivity index (χ2v) is 4.61. The quantitative estimate of drug-likeness (QED) is 0.663. The Kier molecular flexibility index (Phi) is 2.01. The second kappa shape index (κ2) is 3.26. The van der Waals surface area contributed by atoms with Crippen molar-refractivity contribution in [1.29, 1.82) is 0 Å². The first kappa shape index (κ1) is 9.25. The van der Waals surface area contributed by atoms with E-state index in [1.54, 1.807) is 0 Å². The van der Waals surface area contributed by atoms with Crippen LogP contribution < -0.4 is 0 Å². The molecule has 0 spiro atoms. The molecule has 0 bridgehead atoms. The molecule has 1 aromatic heterocycles. The normalized spacial score (nSPS) is 16.9. The number of halogens is 1. The Balaban J connectivity index is 2.29. The molecule has 2 aromatic rings. The van der Waals surface area contributed by atoms with Gasteiger partial charge >= 0.3 is 0 Å². The zero-order valence-corrected chi connectivity index (χ0v) is 9.46. The molecule has 15 heavy (non-hydrogen) atoms. The van der Waals surface area contributed by atoms with E-state index in [4.69, 9.17) is 11.6 Å². The van der Waals surface area contributed by atoms with E-state index >= 15 is 0 Å². The van der Waals surface area contributed by atoms with Gasteiger partial charge in [0.2, 0.25) is 0 Å². The van der Waals surface area contributed by atoms with Crippen molar-refractivity contribution >= 4 is 22.5 Å². The van der Waals surface area contributed by atoms with Gasteiger partial charge < -0.3 is 4.57 Å². The van der Waals surface area contributed by atoms with E-state index in [-0.39, 0.29) is 0 Å². The molecule has 3 rings (SSSR count). The third-order valence-electron chi connectivity index (χ3n) is 3.09. The van der Waals surface area contributed by atoms with Gasteiger partial charge in [-0.15, -0.1) is 0 Å². The first-order chi connectivity index (χ1) is 7.25. The highest BCUT2D eigenvalue weighted by Crippen LogP contribution is 2.29. The summed E-state index contributed by atoms with van der Waals surface area (Å²) in [5.41, 5.74) is 2.56. The Hall–Kier alpha value is -0.990. The lowest BCUT2D eigenvalue weighted by atomic mass is 10.2. The number of rotatable bonds is 0. The SMILES string of the molecule is CN1CCn2c(cc3cccc(Cl)c32)C1. The first-order valence-electron chi connectivity index (χ1n) is 5.21. The van der Waals surface area contributed by atoms with Crippen LogP contribution in [0.15, 0.2) is 24.3 Å². The monoisotopic (exact) mass is 220 g/mol. The van der Waals surface area contributed by atoms with Crippen molar-refractivity contribution in [3.05, 3.63) is 35.0 Å². The summed E-state index contributed by atoms with van der Waals surface area (Å²) in [4.78, 5) is 2.34. The van der Waals surface area contributed by atoms with Crippen LogP contribution in [0.5, 0.6) is 0 Å². The highest BCUT2D eigenvalue weighted by molar-refractivity contribution is 6.35. The van der Waals surface area contributed by atoms with Crippen LogP contribution in [0.3, 0.4) is 0 Å². The topological polar surface area (TPSA) is 8.17 Å². The summed E-state index contributed by atoms with van der Waals surface area (Å²) in [6.07, 6.45) is 0. The van der Waals surface area contributed by atoms with Crippen LogP contribution in [-0.2, 0) is 13.1 Å². The van der Waals surface area contributed by atoms with Crippen LogP contribution in [0, 0.1) is 0 Å². The van der Waals surface area contributed by atoms with Gasteiger partial charge in [-0.25, -0.2) is 0 Å². The van der Waals surface area contributed by atoms with Gasteiger partial charge in [-0.2, -0.15) is 0 Å². The van der Waals surface area contributed by atoms with E-state index in [1.807, 2.05) is 12.1 Å². The summed E-state index contributed by atoms with van der Waals surface area (Å²) in [6.45, 7) is 3.16. The molecule has 1 aliphatic rings. The highest BCUT2D eigenvalue weighted by Gasteiger charge is 2.16. The van der Waals surface area contributed by atoms with Crippen molar-refractivity contribution in [2.24, 2.45) is 0 Å². The zero-order valence-electron chi connectivity index (χ0n) is 8.70. The van der Waals surface area contributed by atoms with E-state index in [9.17, 15) is 0 Å². The number of fused-ring (bicyclic) bond motifs is 3. The first-order valence-corrected chi connectivity index (χ1v) is 5.58. The van der Waals surface area contributed by atoms with Crippen molar-refractivity contribution in [2.45, 2.75) is 13.1 Å². The van der Waals surface area contributed by atoms with E-state index < -0.39 is 0 Å². The number of benzene rings is 1. The van der Waals surface area contributed by atoms with Crippen LogP contribution in [-0.4, -0.2) is 23.1 Å². The number of aromatic nitrogens is 1. The van der Waals surface area contributed by atoms with Crippen LogP contribution in [0.2, 0.25) is 5.02 Å². The van der Waals surface area contributed by atoms with Gasteiger partial charge in [0, 0.05) is 30.7 Å². The average molecular weight is 221 g/mol. The third kappa shape index (κ3) is 1.36. The van der Waals surface area contributed by atoms with Gasteiger partial charge in [-0.1, -0.05) is 23.7 Å². The minimum absolute atomic E-state index is 0.864. The van der Waals surface area contributed by atoms with E-state index in [0.29, 0.717) is 0 Å². The summed E-state index contributed by atoms with van der Waals surface area (Å²) in [6, 6.07) is 8.36. The fourth-order valence-corrected chi connectivity index (χ4v) is 2.63. The summed E-state index contributed by atoms with van der Waals surface area (Å²) < 4.78 is 2.34. The molecule has 2 nitrogen and oxygen atoms in total. The maximum absolute atomic E-state index is 6.24. The largest absolute Gasteiger partial charge is 0.341 e. The number of nitrogens with zero attached hydrogens (tertiary/aromatic N) is 2. The van der Waals surface area contributed by atoms with Gasteiger partial charge in [0.1, 0.15) is 0 Å². The van der Waals surface area contributed by atoms with Crippen LogP contribution in [0.1, 0.15) is 5.69 Å². The van der Waals surface area contributed by atoms with Crippen molar-refractivity contribution in [3.8, 4) is 0 Å². The van der Waals surface area contributed by atoms with Crippen molar-refractivity contribution < 1.29 is 0 Å². The molecular weight excluding hydrogens is 208 g/mol. The number of hydrogen-bond donors (Lipinski definition) is 0. The molecule has 78 valence electrons. The molecular formula is C12H13ClN2. The average Bonchev–Trinajstić information content (AvgIpc) is 2.56. The van der Waals surface area contributed by atoms with E-state index in [1.165, 1.54) is 16.6 Å². The molecule has 0 fully saturated rings. The lowest BCUT2D eigenvalue weighted by molar-refractivity contribution is 0.273. The van der Waals surface area contributed by atoms with Gasteiger partial charge in [0.15, 0.2) is 0 Å². The molecule has 0 saturated carbocycles. The van der Waals surface area contributed by atoms with Gasteiger partial charge in [-0.3, -0.25) is 4.90 Å². The third-order valence-corrected chi connectivity index (χ3v) is 3.40. The predicted molar refractivity (Wildman–Crippen MR) is 63.3 cm³/mol. The van der Waals surface area contributed by atoms with Crippen LogP contribution in [0.4, 0.5) is 0 Å². The second-order valence-electron chi connectivity index (χ2n) is 4.20. The van der Waals surface area contributed by atoms with Crippen molar-refractivity contribution in [2.75, 3.05) is 13.6 Å². The van der Waals surface area contributed by atoms with Crippen LogP contribution in [0.25, 0.3) is 10.9 Å². The molecule has 1 aliphatic heterocycles. The predicted octanol–water partition coefficient (Wildman–Crippen LogP) is 2.74. The molecule has 1 aromatic carbocycles. The molecule has 0 amide bonds. The van der Waals surface area contributed by atoms with E-state index in [2.05, 4.69) is 28.6 Å². The molecule has 2 heterocycles. The lowest BCUT2D eigenvalue weighted by Crippen LogP contribution is -2.29. The Morgan fingerprint density at radius 1 is 1.27 bits per heavy atom. The fraction of sp³-hybridized carbons (Fsp3) is 0.333. The van der Waals surface area contributed by atoms with Crippen molar-refractivity contribution in [3.63, 3.8) is 0 Å². The molecule has 0 saturated heterocycles. The zero-order chi connectivity index (χ0) is 10.4. The molecule has 0 atom stereocenters. The Morgan fingerprint density at radius 3 is 3.00 bits per heavy atom. The Morgan fingerprint density at radius 2 is 2.13 bits per heavy atom. The summed E-state index contributed by atoms with van der Waals surface area (Å²) >= 11 is 6.24.